The normalized spacial score (nSPS) is 16.8. The molecule has 2 rings (SSSR count). The fraction of sp³-hybridized carbons (Fsp3) is 0.500. The van der Waals surface area contributed by atoms with Crippen LogP contribution in [0.4, 0.5) is 5.69 Å². The third-order valence-corrected chi connectivity index (χ3v) is 3.57. The molecule has 3 heteroatoms. The van der Waals surface area contributed by atoms with E-state index < -0.39 is 0 Å². The molecule has 1 aromatic carbocycles. The predicted molar refractivity (Wildman–Crippen MR) is 70.1 cm³/mol. The molecule has 17 heavy (non-hydrogen) atoms. The van der Waals surface area contributed by atoms with Crippen LogP contribution in [-0.2, 0) is 4.79 Å². The second-order valence-electron chi connectivity index (χ2n) is 4.76. The Bertz CT molecular complexity index is 409. The van der Waals surface area contributed by atoms with Crippen molar-refractivity contribution in [2.24, 2.45) is 5.92 Å². The summed E-state index contributed by atoms with van der Waals surface area (Å²) in [5.74, 6) is 0.330. The van der Waals surface area contributed by atoms with Crippen LogP contribution in [0.5, 0.6) is 0 Å². The molecule has 0 bridgehead atoms. The van der Waals surface area contributed by atoms with Gasteiger partial charge in [0.1, 0.15) is 0 Å². The van der Waals surface area contributed by atoms with Crippen LogP contribution in [0.1, 0.15) is 24.0 Å². The summed E-state index contributed by atoms with van der Waals surface area (Å²) in [7, 11) is 0. The number of nitrogens with one attached hydrogen (secondary N) is 2. The van der Waals surface area contributed by atoms with Crippen LogP contribution in [0.2, 0.25) is 0 Å². The molecular formula is C14H20N2O. The minimum Gasteiger partial charge on any atom is -0.326 e. The highest BCUT2D eigenvalue weighted by Crippen LogP contribution is 2.20. The van der Waals surface area contributed by atoms with Crippen molar-refractivity contribution >= 4 is 11.6 Å². The second kappa shape index (κ2) is 5.32. The highest BCUT2D eigenvalue weighted by Gasteiger charge is 2.21. The fourth-order valence-corrected chi connectivity index (χ4v) is 2.21. The number of aryl methyl sites for hydroxylation is 1. The molecule has 3 nitrogen and oxygen atoms in total. The Morgan fingerprint density at radius 2 is 2.00 bits per heavy atom. The van der Waals surface area contributed by atoms with Crippen LogP contribution in [0.25, 0.3) is 0 Å². The fourth-order valence-electron chi connectivity index (χ4n) is 2.21. The number of benzene rings is 1. The van der Waals surface area contributed by atoms with E-state index in [0.717, 1.165) is 37.2 Å². The minimum atomic E-state index is 0.163. The smallest absolute Gasteiger partial charge is 0.227 e. The largest absolute Gasteiger partial charge is 0.326 e. The second-order valence-corrected chi connectivity index (χ2v) is 4.76. The topological polar surface area (TPSA) is 41.1 Å². The number of hydrogen-bond acceptors (Lipinski definition) is 2. The molecule has 0 spiro atoms. The summed E-state index contributed by atoms with van der Waals surface area (Å²) in [5, 5.41) is 6.33. The summed E-state index contributed by atoms with van der Waals surface area (Å²) in [5.41, 5.74) is 3.33. The third-order valence-electron chi connectivity index (χ3n) is 3.57. The van der Waals surface area contributed by atoms with E-state index in [-0.39, 0.29) is 11.8 Å². The van der Waals surface area contributed by atoms with Crippen LogP contribution in [0.15, 0.2) is 18.2 Å². The first kappa shape index (κ1) is 12.1. The number of carbonyl (C=O) groups excluding carboxylic acids is 1. The molecule has 1 aliphatic heterocycles. The molecular weight excluding hydrogens is 212 g/mol. The third kappa shape index (κ3) is 2.86. The molecule has 1 heterocycles. The summed E-state index contributed by atoms with van der Waals surface area (Å²) >= 11 is 0. The van der Waals surface area contributed by atoms with Gasteiger partial charge >= 0.3 is 0 Å². The first-order valence-electron chi connectivity index (χ1n) is 6.26. The maximum atomic E-state index is 12.1. The van der Waals surface area contributed by atoms with E-state index in [2.05, 4.69) is 23.6 Å². The predicted octanol–water partition coefficient (Wildman–Crippen LogP) is 2.24. The van der Waals surface area contributed by atoms with Crippen molar-refractivity contribution in [3.05, 3.63) is 29.3 Å². The van der Waals surface area contributed by atoms with Gasteiger partial charge < -0.3 is 10.6 Å². The molecule has 1 fully saturated rings. The zero-order valence-electron chi connectivity index (χ0n) is 10.5. The van der Waals surface area contributed by atoms with Gasteiger partial charge in [-0.15, -0.1) is 0 Å². The molecule has 2 N–H and O–H groups in total. The highest BCUT2D eigenvalue weighted by molar-refractivity contribution is 5.93. The first-order valence-corrected chi connectivity index (χ1v) is 6.26. The molecule has 1 aromatic rings. The van der Waals surface area contributed by atoms with Crippen molar-refractivity contribution in [1.29, 1.82) is 0 Å². The maximum absolute atomic E-state index is 12.1. The number of hydrogen-bond donors (Lipinski definition) is 2. The van der Waals surface area contributed by atoms with Gasteiger partial charge in [0, 0.05) is 11.6 Å². The van der Waals surface area contributed by atoms with Crippen molar-refractivity contribution in [2.75, 3.05) is 18.4 Å². The van der Waals surface area contributed by atoms with E-state index in [4.69, 9.17) is 0 Å². The quantitative estimate of drug-likeness (QED) is 0.821. The Balaban J connectivity index is 2.04. The van der Waals surface area contributed by atoms with Crippen molar-refractivity contribution in [3.8, 4) is 0 Å². The molecule has 0 saturated carbocycles. The maximum Gasteiger partial charge on any atom is 0.227 e. The first-order chi connectivity index (χ1) is 8.18. The summed E-state index contributed by atoms with van der Waals surface area (Å²) in [6.45, 7) is 6.01. The lowest BCUT2D eigenvalue weighted by molar-refractivity contribution is -0.120. The Morgan fingerprint density at radius 1 is 1.29 bits per heavy atom. The monoisotopic (exact) mass is 232 g/mol. The summed E-state index contributed by atoms with van der Waals surface area (Å²) in [6, 6.07) is 6.03. The molecule has 1 amide bonds. The van der Waals surface area contributed by atoms with Crippen LogP contribution < -0.4 is 10.6 Å². The lowest BCUT2D eigenvalue weighted by Gasteiger charge is -2.22. The Labute approximate surface area is 103 Å². The average Bonchev–Trinajstić information content (AvgIpc) is 2.36. The van der Waals surface area contributed by atoms with Crippen molar-refractivity contribution in [3.63, 3.8) is 0 Å². The van der Waals surface area contributed by atoms with Crippen molar-refractivity contribution in [1.82, 2.24) is 5.32 Å². The van der Waals surface area contributed by atoms with E-state index in [1.165, 1.54) is 5.56 Å². The van der Waals surface area contributed by atoms with Crippen LogP contribution >= 0.6 is 0 Å². The number of rotatable bonds is 2. The Morgan fingerprint density at radius 3 is 2.71 bits per heavy atom. The van der Waals surface area contributed by atoms with Gasteiger partial charge in [0.05, 0.1) is 0 Å². The van der Waals surface area contributed by atoms with Gasteiger partial charge in [-0.3, -0.25) is 4.79 Å². The number of carbonyl (C=O) groups is 1. The molecule has 0 atom stereocenters. The van der Waals surface area contributed by atoms with Gasteiger partial charge in [0.25, 0.3) is 0 Å². The molecule has 0 radical (unpaired) electrons. The number of piperidine rings is 1. The van der Waals surface area contributed by atoms with Gasteiger partial charge in [-0.05, 0) is 57.0 Å². The number of amides is 1. The van der Waals surface area contributed by atoms with E-state index in [1.54, 1.807) is 0 Å². The van der Waals surface area contributed by atoms with Crippen molar-refractivity contribution in [2.45, 2.75) is 26.7 Å². The van der Waals surface area contributed by atoms with Gasteiger partial charge in [-0.2, -0.15) is 0 Å². The molecule has 0 aliphatic carbocycles. The lowest BCUT2D eigenvalue weighted by atomic mass is 9.97. The van der Waals surface area contributed by atoms with Gasteiger partial charge in [0.2, 0.25) is 5.91 Å². The molecule has 0 unspecified atom stereocenters. The number of anilines is 1. The van der Waals surface area contributed by atoms with Gasteiger partial charge in [-0.1, -0.05) is 12.1 Å². The van der Waals surface area contributed by atoms with Crippen molar-refractivity contribution < 1.29 is 4.79 Å². The molecule has 0 aromatic heterocycles. The van der Waals surface area contributed by atoms with Crippen LogP contribution in [0.3, 0.4) is 0 Å². The highest BCUT2D eigenvalue weighted by atomic mass is 16.1. The zero-order chi connectivity index (χ0) is 12.3. The van der Waals surface area contributed by atoms with Gasteiger partial charge in [0.15, 0.2) is 0 Å². The Kier molecular flexibility index (Phi) is 3.79. The summed E-state index contributed by atoms with van der Waals surface area (Å²) in [6.07, 6.45) is 1.88. The van der Waals surface area contributed by atoms with Crippen LogP contribution in [-0.4, -0.2) is 19.0 Å². The average molecular weight is 232 g/mol. The van der Waals surface area contributed by atoms with E-state index in [1.807, 2.05) is 19.1 Å². The minimum absolute atomic E-state index is 0.163. The zero-order valence-corrected chi connectivity index (χ0v) is 10.5. The standard InChI is InChI=1S/C14H20N2O/c1-10-4-3-5-13(11(10)2)16-14(17)12-6-8-15-9-7-12/h3-5,12,15H,6-9H2,1-2H3,(H,16,17). The molecule has 1 aliphatic rings. The summed E-state index contributed by atoms with van der Waals surface area (Å²) in [4.78, 5) is 12.1. The van der Waals surface area contributed by atoms with E-state index in [9.17, 15) is 4.79 Å². The lowest BCUT2D eigenvalue weighted by Crippen LogP contribution is -2.34. The van der Waals surface area contributed by atoms with Gasteiger partial charge in [-0.25, -0.2) is 0 Å². The molecule has 92 valence electrons. The van der Waals surface area contributed by atoms with E-state index >= 15 is 0 Å². The SMILES string of the molecule is Cc1cccc(NC(=O)C2CCNCC2)c1C. The Hall–Kier alpha value is -1.35. The summed E-state index contributed by atoms with van der Waals surface area (Å²) < 4.78 is 0. The molecule has 1 saturated heterocycles. The van der Waals surface area contributed by atoms with Crippen LogP contribution in [0, 0.1) is 19.8 Å². The van der Waals surface area contributed by atoms with E-state index in [0.29, 0.717) is 0 Å².